The van der Waals surface area contributed by atoms with Crippen LogP contribution in [0.25, 0.3) is 0 Å². The highest BCUT2D eigenvalue weighted by Crippen LogP contribution is 2.49. The Kier molecular flexibility index (Phi) is 25.9. The molecule has 0 spiro atoms. The molecule has 27 heteroatoms. The third-order valence-corrected chi connectivity index (χ3v) is 17.1. The van der Waals surface area contributed by atoms with Gasteiger partial charge in [-0.05, 0) is 101 Å². The van der Waals surface area contributed by atoms with Gasteiger partial charge in [0.05, 0.1) is 25.3 Å². The Hall–Kier alpha value is -8.52. The van der Waals surface area contributed by atoms with Crippen LogP contribution in [0, 0.1) is 11.8 Å². The third kappa shape index (κ3) is 20.2. The summed E-state index contributed by atoms with van der Waals surface area (Å²) >= 11 is 6.83. The number of primary amides is 1. The Morgan fingerprint density at radius 1 is 0.934 bits per heavy atom. The molecule has 11 amide bonds. The Morgan fingerprint density at radius 3 is 2.31 bits per heavy atom. The van der Waals surface area contributed by atoms with Crippen LogP contribution in [0.4, 0.5) is 25.8 Å². The number of esters is 1. The van der Waals surface area contributed by atoms with E-state index in [0.29, 0.717) is 61.2 Å². The highest BCUT2D eigenvalue weighted by molar-refractivity contribution is 6.35. The van der Waals surface area contributed by atoms with E-state index in [0.717, 1.165) is 16.0 Å². The summed E-state index contributed by atoms with van der Waals surface area (Å²) in [4.78, 5) is 148. The van der Waals surface area contributed by atoms with Crippen molar-refractivity contribution >= 4 is 88.5 Å². The lowest BCUT2D eigenvalue weighted by atomic mass is 9.85. The van der Waals surface area contributed by atoms with Crippen molar-refractivity contribution in [3.05, 3.63) is 88.5 Å². The number of urea groups is 1. The van der Waals surface area contributed by atoms with Gasteiger partial charge in [-0.25, -0.2) is 19.2 Å². The number of halogens is 1. The molecule has 0 saturated carbocycles. The minimum Gasteiger partial charge on any atom is -0.495 e. The maximum atomic E-state index is 14.4. The number of alkyl carbamates (subject to hydrolysis) is 1. The molecule has 496 valence electrons. The maximum absolute atomic E-state index is 14.4. The Labute approximate surface area is 535 Å². The number of allylic oxidation sites excluding steroid dienone is 3. The number of unbranched alkanes of at least 4 members (excludes halogenated alkanes) is 2. The van der Waals surface area contributed by atoms with Gasteiger partial charge in [0.2, 0.25) is 29.5 Å². The molecule has 4 heterocycles. The highest BCUT2D eigenvalue weighted by Gasteiger charge is 2.64. The van der Waals surface area contributed by atoms with E-state index < -0.39 is 95.8 Å². The molecule has 26 nitrogen and oxygen atoms in total. The number of hydrogen-bond acceptors (Lipinski definition) is 16. The molecule has 0 aromatic heterocycles. The molecule has 4 aliphatic heterocycles. The van der Waals surface area contributed by atoms with E-state index in [4.69, 9.17) is 41.0 Å². The van der Waals surface area contributed by atoms with Gasteiger partial charge in [0.25, 0.3) is 11.8 Å². The Morgan fingerprint density at radius 2 is 1.64 bits per heavy atom. The molecule has 7 N–H and O–H groups in total. The van der Waals surface area contributed by atoms with Gasteiger partial charge in [-0.3, -0.25) is 38.5 Å². The lowest BCUT2D eigenvalue weighted by molar-refractivity contribution is -0.162. The molecule has 0 aliphatic carbocycles. The molecule has 4 aliphatic rings. The standard InChI is InChI=1S/C64H87ClN10O16/c1-37(2)56(71-50(76)20-12-11-15-29-75-52(78)25-26-53(75)79)59(82)70-45(19-16-28-67-61(66)84)58(81)68-43-23-21-41(22-24-43)36-88-63(86)72(7)30-27-51(77)73(8)40(5)60(83)90-49-35-54(80)74(9)46-32-42(33-48(87-10)55(46)65)31-38(3)17-13-14-18-44-34-47(89-62(85)69-44)39(4)57-64(49,6)91-57/h13-14,17,21-26,32-33,37,39-40,44-45,47,49,56-57H,11-12,15-16,18-20,27-31,34-36H2,1-10H3,(H,68,81)(H,69,85)(H,70,82)(H,71,76)(H3,66,67,84)/b14-13+,38-17+/t39-,40+,44?,45-,47+,49-,56?,57+,64+/m1/s1. The number of anilines is 2. The van der Waals surface area contributed by atoms with E-state index in [9.17, 15) is 52.7 Å². The van der Waals surface area contributed by atoms with Crippen molar-refractivity contribution in [2.45, 2.75) is 167 Å². The second kappa shape index (κ2) is 33.0. The first-order chi connectivity index (χ1) is 43.1. The highest BCUT2D eigenvalue weighted by atomic mass is 35.5. The summed E-state index contributed by atoms with van der Waals surface area (Å²) in [5, 5.41) is 13.8. The van der Waals surface area contributed by atoms with E-state index in [1.54, 1.807) is 64.2 Å². The van der Waals surface area contributed by atoms with Crippen LogP contribution in [-0.4, -0.2) is 176 Å². The predicted molar refractivity (Wildman–Crippen MR) is 336 cm³/mol. The van der Waals surface area contributed by atoms with Crippen molar-refractivity contribution in [3.8, 4) is 5.75 Å². The molecule has 2 aromatic rings. The van der Waals surface area contributed by atoms with Gasteiger partial charge in [-0.1, -0.05) is 74.7 Å². The number of ether oxygens (including phenoxy) is 5. The average Bonchev–Trinajstić information content (AvgIpc) is 1.59. The van der Waals surface area contributed by atoms with E-state index >= 15 is 0 Å². The zero-order valence-electron chi connectivity index (χ0n) is 53.4. The number of imide groups is 1. The number of nitrogens with one attached hydrogen (secondary N) is 5. The first-order valence-electron chi connectivity index (χ1n) is 30.6. The monoisotopic (exact) mass is 1290 g/mol. The van der Waals surface area contributed by atoms with Crippen LogP contribution >= 0.6 is 11.6 Å². The number of fused-ring (bicyclic) bond motifs is 5. The van der Waals surface area contributed by atoms with Crippen LogP contribution in [0.1, 0.15) is 117 Å². The SMILES string of the molecule is COc1cc2cc(c1Cl)N(C)C(=O)C[C@@H](OC(=O)[C@H](C)N(C)C(=O)CCN(C)C(=O)OCc1ccc(NC(=O)[C@@H](CCCNC(N)=O)NC(=O)C(NC(=O)CCCCCN3C(=O)C=CC3=O)C(C)C)cc1)[C@]1(C)O[C@H]1[C@H](C)[C@@H]1CC(C/C=C/C=C(\C)C2)NC(=O)O1. The Balaban J connectivity index is 1.01. The van der Waals surface area contributed by atoms with Gasteiger partial charge in [-0.15, -0.1) is 0 Å². The largest absolute Gasteiger partial charge is 0.495 e. The molecule has 9 atom stereocenters. The first-order valence-corrected chi connectivity index (χ1v) is 31.0. The topological polar surface area (TPSA) is 336 Å². The van der Waals surface area contributed by atoms with E-state index in [2.05, 4.69) is 26.6 Å². The van der Waals surface area contributed by atoms with E-state index in [-0.39, 0.29) is 93.1 Å². The summed E-state index contributed by atoms with van der Waals surface area (Å²) in [5.41, 5.74) is 7.09. The van der Waals surface area contributed by atoms with Crippen LogP contribution in [0.15, 0.2) is 72.4 Å². The lowest BCUT2D eigenvalue weighted by Crippen LogP contribution is -2.54. The summed E-state index contributed by atoms with van der Waals surface area (Å²) in [6, 6.07) is 5.71. The molecule has 6 rings (SSSR count). The molecular weight excluding hydrogens is 1200 g/mol. The molecule has 2 saturated heterocycles. The van der Waals surface area contributed by atoms with Crippen molar-refractivity contribution < 1.29 is 76.4 Å². The molecule has 2 unspecified atom stereocenters. The normalized spacial score (nSPS) is 22.5. The number of benzene rings is 2. The maximum Gasteiger partial charge on any atom is 0.409 e. The van der Waals surface area contributed by atoms with Crippen LogP contribution < -0.4 is 42.0 Å². The molecule has 91 heavy (non-hydrogen) atoms. The second-order valence-corrected chi connectivity index (χ2v) is 24.4. The van der Waals surface area contributed by atoms with Crippen molar-refractivity contribution in [2.75, 3.05) is 58.1 Å². The molecular formula is C64H87ClN10O16. The minimum atomic E-state index is -1.22. The fraction of sp³-hybridized carbons (Fsp3) is 0.547. The van der Waals surface area contributed by atoms with Crippen LogP contribution in [-0.2, 0) is 70.3 Å². The Bertz CT molecular complexity index is 3100. The number of rotatable bonds is 25. The number of carbonyl (C=O) groups is 11. The number of epoxide rings is 1. The van der Waals surface area contributed by atoms with Gasteiger partial charge in [0.15, 0.2) is 0 Å². The van der Waals surface area contributed by atoms with E-state index in [1.165, 1.54) is 55.0 Å². The van der Waals surface area contributed by atoms with Gasteiger partial charge in [0, 0.05) is 89.8 Å². The smallest absolute Gasteiger partial charge is 0.409 e. The molecule has 4 bridgehead atoms. The lowest BCUT2D eigenvalue weighted by Gasteiger charge is -2.33. The predicted octanol–water partition coefficient (Wildman–Crippen LogP) is 5.73. The number of nitrogens with zero attached hydrogens (tertiary/aromatic N) is 4. The fourth-order valence-electron chi connectivity index (χ4n) is 10.8. The average molecular weight is 1290 g/mol. The molecule has 0 radical (unpaired) electrons. The van der Waals surface area contributed by atoms with Crippen molar-refractivity contribution in [1.82, 2.24) is 36.0 Å². The minimum absolute atomic E-state index is 0.0865. The summed E-state index contributed by atoms with van der Waals surface area (Å²) in [7, 11) is 5.91. The van der Waals surface area contributed by atoms with Gasteiger partial charge in [-0.2, -0.15) is 0 Å². The number of nitrogens with two attached hydrogens (primary N) is 1. The number of carbonyl (C=O) groups excluding carboxylic acids is 11. The second-order valence-electron chi connectivity index (χ2n) is 24.0. The zero-order valence-corrected chi connectivity index (χ0v) is 54.2. The van der Waals surface area contributed by atoms with Gasteiger partial charge in [0.1, 0.15) is 53.3 Å². The summed E-state index contributed by atoms with van der Waals surface area (Å²) in [5.74, 6) is -4.53. The van der Waals surface area contributed by atoms with Gasteiger partial charge >= 0.3 is 24.2 Å². The third-order valence-electron chi connectivity index (χ3n) is 16.7. The number of likely N-dealkylation sites (N-methyl/N-ethyl adjacent to an activating group) is 1. The fourth-order valence-corrected chi connectivity index (χ4v) is 11.1. The summed E-state index contributed by atoms with van der Waals surface area (Å²) in [6.07, 6.45) is 7.54. The first kappa shape index (κ1) is 71.6. The quantitative estimate of drug-likeness (QED) is 0.0227. The zero-order chi connectivity index (χ0) is 66.9. The summed E-state index contributed by atoms with van der Waals surface area (Å²) < 4.78 is 29.4. The molecule has 2 fully saturated rings. The number of methoxy groups -OCH3 is 1. The van der Waals surface area contributed by atoms with Crippen LogP contribution in [0.5, 0.6) is 5.75 Å². The number of amides is 11. The molecule has 2 aromatic carbocycles. The van der Waals surface area contributed by atoms with Crippen LogP contribution in [0.2, 0.25) is 5.02 Å². The van der Waals surface area contributed by atoms with Crippen molar-refractivity contribution in [1.29, 1.82) is 0 Å². The number of hydrogen-bond donors (Lipinski definition) is 6. The van der Waals surface area contributed by atoms with Gasteiger partial charge < -0.3 is 70.7 Å². The summed E-state index contributed by atoms with van der Waals surface area (Å²) in [6.45, 7) is 10.6. The van der Waals surface area contributed by atoms with Crippen LogP contribution in [0.3, 0.4) is 0 Å². The van der Waals surface area contributed by atoms with E-state index in [1.807, 2.05) is 32.1 Å². The van der Waals surface area contributed by atoms with Crippen molar-refractivity contribution in [2.24, 2.45) is 17.6 Å². The van der Waals surface area contributed by atoms with Crippen molar-refractivity contribution in [3.63, 3.8) is 0 Å².